The zero-order valence-corrected chi connectivity index (χ0v) is 20.9. The van der Waals surface area contributed by atoms with Crippen molar-refractivity contribution in [2.24, 2.45) is 0 Å². The zero-order valence-electron chi connectivity index (χ0n) is 20.9. The molecule has 0 aliphatic carbocycles. The van der Waals surface area contributed by atoms with E-state index in [1.54, 1.807) is 30.3 Å². The number of hydrogen-bond donors (Lipinski definition) is 2. The van der Waals surface area contributed by atoms with Gasteiger partial charge in [-0.25, -0.2) is 9.69 Å². The van der Waals surface area contributed by atoms with Gasteiger partial charge in [-0.1, -0.05) is 31.2 Å². The molecule has 0 aromatic heterocycles. The molecule has 1 fully saturated rings. The lowest BCUT2D eigenvalue weighted by molar-refractivity contribution is -0.127. The number of amides is 4. The Labute approximate surface area is 206 Å². The quantitative estimate of drug-likeness (QED) is 0.461. The van der Waals surface area contributed by atoms with Crippen molar-refractivity contribution in [2.75, 3.05) is 23.3 Å². The van der Waals surface area contributed by atoms with Gasteiger partial charge in [-0.3, -0.25) is 9.59 Å². The SMILES string of the molecule is CCCN1c2cc(C)c(/C=C3/NC(=O)N(CC(=O)Nc4ccccc4)C3=O)cc2C(C)=CC1(C)C. The predicted octanol–water partition coefficient (Wildman–Crippen LogP) is 4.94. The molecule has 0 spiro atoms. The zero-order chi connectivity index (χ0) is 25.3. The minimum Gasteiger partial charge on any atom is -0.362 e. The van der Waals surface area contributed by atoms with Crippen LogP contribution in [0.2, 0.25) is 0 Å². The number of para-hydroxylation sites is 1. The van der Waals surface area contributed by atoms with E-state index >= 15 is 0 Å². The maximum Gasteiger partial charge on any atom is 0.329 e. The van der Waals surface area contributed by atoms with Crippen LogP contribution in [0.15, 0.2) is 54.2 Å². The smallest absolute Gasteiger partial charge is 0.329 e. The van der Waals surface area contributed by atoms with Gasteiger partial charge in [0.1, 0.15) is 12.2 Å². The van der Waals surface area contributed by atoms with Crippen LogP contribution in [-0.4, -0.2) is 41.4 Å². The lowest BCUT2D eigenvalue weighted by Gasteiger charge is -2.43. The van der Waals surface area contributed by atoms with Gasteiger partial charge in [-0.15, -0.1) is 0 Å². The number of benzene rings is 2. The summed E-state index contributed by atoms with van der Waals surface area (Å²) < 4.78 is 0. The van der Waals surface area contributed by atoms with E-state index in [-0.39, 0.29) is 17.8 Å². The number of carbonyl (C=O) groups is 3. The summed E-state index contributed by atoms with van der Waals surface area (Å²) in [6.07, 6.45) is 5.00. The maximum absolute atomic E-state index is 13.0. The Bertz CT molecular complexity index is 1240. The van der Waals surface area contributed by atoms with E-state index in [2.05, 4.69) is 61.4 Å². The number of fused-ring (bicyclic) bond motifs is 1. The van der Waals surface area contributed by atoms with E-state index in [1.165, 1.54) is 11.3 Å². The van der Waals surface area contributed by atoms with E-state index in [4.69, 9.17) is 0 Å². The van der Waals surface area contributed by atoms with Crippen LogP contribution in [0.25, 0.3) is 11.6 Å². The van der Waals surface area contributed by atoms with E-state index in [1.807, 2.05) is 13.0 Å². The van der Waals surface area contributed by atoms with Crippen molar-refractivity contribution in [1.29, 1.82) is 0 Å². The van der Waals surface area contributed by atoms with Gasteiger partial charge < -0.3 is 15.5 Å². The minimum atomic E-state index is -0.605. The van der Waals surface area contributed by atoms with Crippen LogP contribution in [0.3, 0.4) is 0 Å². The third-order valence-corrected chi connectivity index (χ3v) is 6.43. The van der Waals surface area contributed by atoms with Crippen LogP contribution in [0.4, 0.5) is 16.2 Å². The summed E-state index contributed by atoms with van der Waals surface area (Å²) in [6.45, 7) is 11.3. The second kappa shape index (κ2) is 9.41. The Kier molecular flexibility index (Phi) is 6.52. The third kappa shape index (κ3) is 4.85. The normalized spacial score (nSPS) is 17.9. The Morgan fingerprint density at radius 1 is 1.11 bits per heavy atom. The highest BCUT2D eigenvalue weighted by Gasteiger charge is 2.35. The Morgan fingerprint density at radius 2 is 1.83 bits per heavy atom. The van der Waals surface area contributed by atoms with Crippen molar-refractivity contribution in [3.63, 3.8) is 0 Å². The summed E-state index contributed by atoms with van der Waals surface area (Å²) in [5, 5.41) is 5.33. The Morgan fingerprint density at radius 3 is 2.51 bits per heavy atom. The average molecular weight is 473 g/mol. The summed E-state index contributed by atoms with van der Waals surface area (Å²) in [7, 11) is 0. The van der Waals surface area contributed by atoms with Crippen LogP contribution in [0.5, 0.6) is 0 Å². The highest BCUT2D eigenvalue weighted by atomic mass is 16.2. The van der Waals surface area contributed by atoms with Crippen molar-refractivity contribution in [3.8, 4) is 0 Å². The summed E-state index contributed by atoms with van der Waals surface area (Å²) >= 11 is 0. The van der Waals surface area contributed by atoms with Crippen molar-refractivity contribution >= 4 is 40.9 Å². The molecule has 0 atom stereocenters. The molecule has 0 unspecified atom stereocenters. The number of carbonyl (C=O) groups excluding carboxylic acids is 3. The van der Waals surface area contributed by atoms with Gasteiger partial charge in [0.25, 0.3) is 5.91 Å². The molecular weight excluding hydrogens is 440 g/mol. The number of aryl methyl sites for hydroxylation is 1. The third-order valence-electron chi connectivity index (χ3n) is 6.43. The first kappa shape index (κ1) is 24.3. The van der Waals surface area contributed by atoms with Crippen LogP contribution in [-0.2, 0) is 9.59 Å². The first-order valence-corrected chi connectivity index (χ1v) is 11.9. The van der Waals surface area contributed by atoms with Gasteiger partial charge in [-0.2, -0.15) is 0 Å². The fourth-order valence-electron chi connectivity index (χ4n) is 4.77. The van der Waals surface area contributed by atoms with Crippen LogP contribution in [0, 0.1) is 6.92 Å². The molecule has 0 saturated carbocycles. The summed E-state index contributed by atoms with van der Waals surface area (Å²) in [5.41, 5.74) is 6.01. The van der Waals surface area contributed by atoms with Crippen LogP contribution >= 0.6 is 0 Å². The van der Waals surface area contributed by atoms with Crippen LogP contribution in [0.1, 0.15) is 50.8 Å². The molecule has 7 heteroatoms. The number of allylic oxidation sites excluding steroid dienone is 1. The predicted molar refractivity (Wildman–Crippen MR) is 140 cm³/mol. The molecule has 2 aromatic rings. The van der Waals surface area contributed by atoms with E-state index in [0.717, 1.165) is 34.6 Å². The second-order valence-electron chi connectivity index (χ2n) is 9.65. The molecule has 4 amide bonds. The second-order valence-corrected chi connectivity index (χ2v) is 9.65. The molecule has 1 saturated heterocycles. The number of nitrogens with zero attached hydrogens (tertiary/aromatic N) is 2. The van der Waals surface area contributed by atoms with Crippen molar-refractivity contribution in [3.05, 3.63) is 70.9 Å². The van der Waals surface area contributed by atoms with Gasteiger partial charge in [0.05, 0.1) is 5.54 Å². The maximum atomic E-state index is 13.0. The number of imide groups is 1. The van der Waals surface area contributed by atoms with E-state index in [0.29, 0.717) is 5.69 Å². The number of rotatable bonds is 6. The number of anilines is 2. The average Bonchev–Trinajstić information content (AvgIpc) is 3.05. The largest absolute Gasteiger partial charge is 0.362 e. The van der Waals surface area contributed by atoms with Gasteiger partial charge in [0.15, 0.2) is 0 Å². The van der Waals surface area contributed by atoms with Crippen molar-refractivity contribution in [1.82, 2.24) is 10.2 Å². The fourth-order valence-corrected chi connectivity index (χ4v) is 4.77. The van der Waals surface area contributed by atoms with E-state index in [9.17, 15) is 14.4 Å². The molecule has 0 bridgehead atoms. The first-order valence-electron chi connectivity index (χ1n) is 11.9. The topological polar surface area (TPSA) is 81.8 Å². The van der Waals surface area contributed by atoms with E-state index < -0.39 is 17.8 Å². The molecule has 2 aliphatic heterocycles. The number of hydrogen-bond acceptors (Lipinski definition) is 4. The molecule has 2 N–H and O–H groups in total. The summed E-state index contributed by atoms with van der Waals surface area (Å²) in [4.78, 5) is 41.2. The van der Waals surface area contributed by atoms with Crippen molar-refractivity contribution in [2.45, 2.75) is 46.6 Å². The summed E-state index contributed by atoms with van der Waals surface area (Å²) in [6, 6.07) is 12.5. The lowest BCUT2D eigenvalue weighted by atomic mass is 9.86. The molecule has 7 nitrogen and oxygen atoms in total. The molecule has 182 valence electrons. The Balaban J connectivity index is 1.58. The highest BCUT2D eigenvalue weighted by molar-refractivity contribution is 6.16. The molecule has 2 aliphatic rings. The Hall–Kier alpha value is -3.87. The standard InChI is InChI=1S/C28H32N4O3/c1-6-12-32-24-13-18(2)20(14-22(24)19(3)16-28(32,4)5)15-23-26(34)31(27(35)30-23)17-25(33)29-21-10-8-7-9-11-21/h7-11,13-16H,6,12,17H2,1-5H3,(H,29,33)(H,30,35)/b23-15+. The first-order chi connectivity index (χ1) is 16.6. The van der Waals surface area contributed by atoms with Crippen molar-refractivity contribution < 1.29 is 14.4 Å². The van der Waals surface area contributed by atoms with Gasteiger partial charge in [0, 0.05) is 23.5 Å². The minimum absolute atomic E-state index is 0.0876. The summed E-state index contributed by atoms with van der Waals surface area (Å²) in [5.74, 6) is -0.957. The lowest BCUT2D eigenvalue weighted by Crippen LogP contribution is -2.45. The highest BCUT2D eigenvalue weighted by Crippen LogP contribution is 2.40. The van der Waals surface area contributed by atoms with Gasteiger partial charge >= 0.3 is 6.03 Å². The molecule has 2 aromatic carbocycles. The van der Waals surface area contributed by atoms with Gasteiger partial charge in [0.2, 0.25) is 5.91 Å². The molecule has 4 rings (SSSR count). The number of nitrogens with one attached hydrogen (secondary N) is 2. The molecular formula is C28H32N4O3. The van der Waals surface area contributed by atoms with Gasteiger partial charge in [-0.05, 0) is 81.2 Å². The van der Waals surface area contributed by atoms with Crippen LogP contribution < -0.4 is 15.5 Å². The fraction of sp³-hybridized carbons (Fsp3) is 0.321. The number of urea groups is 1. The monoisotopic (exact) mass is 472 g/mol. The molecule has 0 radical (unpaired) electrons. The molecule has 2 heterocycles. The molecule has 35 heavy (non-hydrogen) atoms.